The number of fused-ring (bicyclic) bond motifs is 1. The highest BCUT2D eigenvalue weighted by Crippen LogP contribution is 2.24. The first kappa shape index (κ1) is 14.4. The quantitative estimate of drug-likeness (QED) is 0.622. The smallest absolute Gasteiger partial charge is 0.130 e. The third kappa shape index (κ3) is 4.23. The number of ether oxygens (including phenoxy) is 2. The van der Waals surface area contributed by atoms with E-state index < -0.39 is 0 Å². The molecule has 0 saturated heterocycles. The molecule has 1 aliphatic rings. The van der Waals surface area contributed by atoms with Gasteiger partial charge in [0.2, 0.25) is 0 Å². The SMILES string of the molecule is COCCOCCc1ncc2c(n1)CCCCC2N. The molecular weight excluding hydrogens is 242 g/mol. The van der Waals surface area contributed by atoms with Crippen LogP contribution in [0.5, 0.6) is 0 Å². The zero-order chi connectivity index (χ0) is 13.5. The molecule has 19 heavy (non-hydrogen) atoms. The monoisotopic (exact) mass is 265 g/mol. The highest BCUT2D eigenvalue weighted by molar-refractivity contribution is 5.22. The number of methoxy groups -OCH3 is 1. The fourth-order valence-electron chi connectivity index (χ4n) is 2.32. The highest BCUT2D eigenvalue weighted by atomic mass is 16.5. The van der Waals surface area contributed by atoms with Crippen molar-refractivity contribution >= 4 is 0 Å². The summed E-state index contributed by atoms with van der Waals surface area (Å²) in [6, 6.07) is 0.101. The predicted molar refractivity (Wildman–Crippen MR) is 72.9 cm³/mol. The Morgan fingerprint density at radius 1 is 1.32 bits per heavy atom. The molecule has 1 aromatic heterocycles. The topological polar surface area (TPSA) is 70.3 Å². The van der Waals surface area contributed by atoms with Gasteiger partial charge in [-0.3, -0.25) is 0 Å². The number of aromatic nitrogens is 2. The first-order valence-corrected chi connectivity index (χ1v) is 6.98. The zero-order valence-electron chi connectivity index (χ0n) is 11.6. The number of aryl methyl sites for hydroxylation is 1. The standard InChI is InChI=1S/C14H23N3O2/c1-18-8-9-19-7-6-14-16-10-11-12(15)4-2-3-5-13(11)17-14/h10,12H,2-9,15H2,1H3. The Balaban J connectivity index is 1.91. The van der Waals surface area contributed by atoms with E-state index in [1.165, 1.54) is 12.8 Å². The van der Waals surface area contributed by atoms with E-state index in [0.717, 1.165) is 36.3 Å². The third-order valence-corrected chi connectivity index (χ3v) is 3.43. The van der Waals surface area contributed by atoms with Gasteiger partial charge in [0.15, 0.2) is 0 Å². The molecule has 1 unspecified atom stereocenters. The molecule has 0 bridgehead atoms. The highest BCUT2D eigenvalue weighted by Gasteiger charge is 2.17. The van der Waals surface area contributed by atoms with Gasteiger partial charge < -0.3 is 15.2 Å². The summed E-state index contributed by atoms with van der Waals surface area (Å²) in [5.41, 5.74) is 8.39. The fourth-order valence-corrected chi connectivity index (χ4v) is 2.32. The van der Waals surface area contributed by atoms with Crippen LogP contribution in [-0.2, 0) is 22.3 Å². The maximum Gasteiger partial charge on any atom is 0.130 e. The summed E-state index contributed by atoms with van der Waals surface area (Å²) in [7, 11) is 1.67. The minimum atomic E-state index is 0.101. The van der Waals surface area contributed by atoms with E-state index in [9.17, 15) is 0 Å². The fraction of sp³-hybridized carbons (Fsp3) is 0.714. The van der Waals surface area contributed by atoms with Gasteiger partial charge in [-0.05, 0) is 19.3 Å². The number of hydrogen-bond acceptors (Lipinski definition) is 5. The van der Waals surface area contributed by atoms with Gasteiger partial charge in [-0.1, -0.05) is 6.42 Å². The minimum absolute atomic E-state index is 0.101. The van der Waals surface area contributed by atoms with Crippen molar-refractivity contribution in [1.29, 1.82) is 0 Å². The molecule has 0 saturated carbocycles. The molecule has 0 fully saturated rings. The molecule has 0 radical (unpaired) electrons. The van der Waals surface area contributed by atoms with Crippen LogP contribution in [0.4, 0.5) is 0 Å². The summed E-state index contributed by atoms with van der Waals surface area (Å²) in [5, 5.41) is 0. The molecule has 1 atom stereocenters. The molecular formula is C14H23N3O2. The minimum Gasteiger partial charge on any atom is -0.382 e. The first-order valence-electron chi connectivity index (χ1n) is 6.98. The lowest BCUT2D eigenvalue weighted by atomic mass is 10.1. The maximum absolute atomic E-state index is 6.13. The molecule has 5 heteroatoms. The lowest BCUT2D eigenvalue weighted by Crippen LogP contribution is -2.14. The third-order valence-electron chi connectivity index (χ3n) is 3.43. The van der Waals surface area contributed by atoms with E-state index in [1.54, 1.807) is 7.11 Å². The Hall–Kier alpha value is -1.04. The van der Waals surface area contributed by atoms with Crippen molar-refractivity contribution in [1.82, 2.24) is 9.97 Å². The van der Waals surface area contributed by atoms with Crippen molar-refractivity contribution in [3.8, 4) is 0 Å². The molecule has 1 aromatic rings. The van der Waals surface area contributed by atoms with Gasteiger partial charge >= 0.3 is 0 Å². The Kier molecular flexibility index (Phi) is 5.69. The number of nitrogens with zero attached hydrogens (tertiary/aromatic N) is 2. The summed E-state index contributed by atoms with van der Waals surface area (Å²) in [6.45, 7) is 1.88. The Labute approximate surface area is 114 Å². The summed E-state index contributed by atoms with van der Waals surface area (Å²) in [6.07, 6.45) is 7.04. The van der Waals surface area contributed by atoms with Crippen LogP contribution in [0, 0.1) is 0 Å². The van der Waals surface area contributed by atoms with Crippen molar-refractivity contribution in [2.75, 3.05) is 26.9 Å². The van der Waals surface area contributed by atoms with E-state index in [0.29, 0.717) is 19.8 Å². The van der Waals surface area contributed by atoms with Crippen LogP contribution in [-0.4, -0.2) is 36.9 Å². The van der Waals surface area contributed by atoms with Crippen molar-refractivity contribution in [3.63, 3.8) is 0 Å². The first-order chi connectivity index (χ1) is 9.31. The van der Waals surface area contributed by atoms with Crippen LogP contribution in [0.15, 0.2) is 6.20 Å². The number of rotatable bonds is 6. The lowest BCUT2D eigenvalue weighted by molar-refractivity contribution is 0.0716. The van der Waals surface area contributed by atoms with Crippen LogP contribution in [0.25, 0.3) is 0 Å². The largest absolute Gasteiger partial charge is 0.382 e. The molecule has 2 rings (SSSR count). The van der Waals surface area contributed by atoms with Crippen LogP contribution in [0.2, 0.25) is 0 Å². The Morgan fingerprint density at radius 3 is 3.05 bits per heavy atom. The second kappa shape index (κ2) is 7.53. The normalized spacial score (nSPS) is 18.9. The number of nitrogens with two attached hydrogens (primary N) is 1. The van der Waals surface area contributed by atoms with Crippen LogP contribution < -0.4 is 5.73 Å². The predicted octanol–water partition coefficient (Wildman–Crippen LogP) is 1.41. The Bertz CT molecular complexity index is 398. The summed E-state index contributed by atoms with van der Waals surface area (Å²) < 4.78 is 10.4. The maximum atomic E-state index is 6.13. The van der Waals surface area contributed by atoms with Gasteiger partial charge in [-0.2, -0.15) is 0 Å². The van der Waals surface area contributed by atoms with E-state index >= 15 is 0 Å². The molecule has 1 aliphatic carbocycles. The van der Waals surface area contributed by atoms with E-state index in [2.05, 4.69) is 9.97 Å². The summed E-state index contributed by atoms with van der Waals surface area (Å²) in [4.78, 5) is 9.04. The zero-order valence-corrected chi connectivity index (χ0v) is 11.6. The number of hydrogen-bond donors (Lipinski definition) is 1. The molecule has 106 valence electrons. The molecule has 1 heterocycles. The Morgan fingerprint density at radius 2 is 2.21 bits per heavy atom. The van der Waals surface area contributed by atoms with Crippen molar-refractivity contribution in [2.45, 2.75) is 38.1 Å². The molecule has 0 aliphatic heterocycles. The van der Waals surface area contributed by atoms with Gasteiger partial charge in [0.25, 0.3) is 0 Å². The van der Waals surface area contributed by atoms with Gasteiger partial charge in [-0.25, -0.2) is 9.97 Å². The van der Waals surface area contributed by atoms with Crippen molar-refractivity contribution in [2.24, 2.45) is 5.73 Å². The van der Waals surface area contributed by atoms with Crippen LogP contribution in [0.3, 0.4) is 0 Å². The molecule has 5 nitrogen and oxygen atoms in total. The van der Waals surface area contributed by atoms with Gasteiger partial charge in [0.05, 0.1) is 19.8 Å². The molecule has 0 amide bonds. The van der Waals surface area contributed by atoms with Gasteiger partial charge in [0.1, 0.15) is 5.82 Å². The average Bonchev–Trinajstić information content (AvgIpc) is 2.60. The molecule has 2 N–H and O–H groups in total. The molecule has 0 aromatic carbocycles. The second-order valence-electron chi connectivity index (χ2n) is 4.90. The van der Waals surface area contributed by atoms with Crippen LogP contribution >= 0.6 is 0 Å². The lowest BCUT2D eigenvalue weighted by Gasteiger charge is -2.12. The van der Waals surface area contributed by atoms with Crippen LogP contribution in [0.1, 0.15) is 42.4 Å². The van der Waals surface area contributed by atoms with Crippen molar-refractivity contribution in [3.05, 3.63) is 23.3 Å². The molecule has 0 spiro atoms. The second-order valence-corrected chi connectivity index (χ2v) is 4.90. The van der Waals surface area contributed by atoms with Gasteiger partial charge in [0, 0.05) is 37.0 Å². The van der Waals surface area contributed by atoms with Gasteiger partial charge in [-0.15, -0.1) is 0 Å². The average molecular weight is 265 g/mol. The summed E-state index contributed by atoms with van der Waals surface area (Å²) >= 11 is 0. The summed E-state index contributed by atoms with van der Waals surface area (Å²) in [5.74, 6) is 0.852. The van der Waals surface area contributed by atoms with Crippen molar-refractivity contribution < 1.29 is 9.47 Å². The van der Waals surface area contributed by atoms with E-state index in [1.807, 2.05) is 6.20 Å². The van der Waals surface area contributed by atoms with E-state index in [4.69, 9.17) is 15.2 Å². The van der Waals surface area contributed by atoms with E-state index in [-0.39, 0.29) is 6.04 Å².